The van der Waals surface area contributed by atoms with Gasteiger partial charge in [0.1, 0.15) is 0 Å². The van der Waals surface area contributed by atoms with Crippen molar-refractivity contribution in [2.24, 2.45) is 0 Å². The molecule has 3 amide bonds. The van der Waals surface area contributed by atoms with Crippen LogP contribution in [0.5, 0.6) is 0 Å². The van der Waals surface area contributed by atoms with Crippen LogP contribution in [0.1, 0.15) is 25.6 Å². The van der Waals surface area contributed by atoms with Gasteiger partial charge in [-0.05, 0) is 41.3 Å². The highest BCUT2D eigenvalue weighted by atomic mass is 35.5. The molecular weight excluding hydrogens is 472 g/mol. The molecule has 3 aromatic rings. The normalized spacial score (nSPS) is 14.0. The number of nitrogens with one attached hydrogen (secondary N) is 2. The molecule has 1 aliphatic rings. The first-order valence-electron chi connectivity index (χ1n) is 11.0. The summed E-state index contributed by atoms with van der Waals surface area (Å²) in [5, 5.41) is 8.08. The predicted molar refractivity (Wildman–Crippen MR) is 134 cm³/mol. The van der Waals surface area contributed by atoms with Gasteiger partial charge in [-0.2, -0.15) is 0 Å². The molecule has 0 atom stereocenters. The number of piperazine rings is 1. The van der Waals surface area contributed by atoms with Crippen LogP contribution in [-0.4, -0.2) is 60.2 Å². The van der Waals surface area contributed by atoms with E-state index in [-0.39, 0.29) is 24.3 Å². The summed E-state index contributed by atoms with van der Waals surface area (Å²) < 4.78 is 0. The highest BCUT2D eigenvalue weighted by Gasteiger charge is 2.23. The Hall–Kier alpha value is -3.20. The largest absolute Gasteiger partial charge is 0.347 e. The van der Waals surface area contributed by atoms with Gasteiger partial charge in [-0.1, -0.05) is 41.9 Å². The van der Waals surface area contributed by atoms with Gasteiger partial charge in [0.15, 0.2) is 0 Å². The highest BCUT2D eigenvalue weighted by molar-refractivity contribution is 7.12. The van der Waals surface area contributed by atoms with Gasteiger partial charge in [-0.25, -0.2) is 0 Å². The lowest BCUT2D eigenvalue weighted by molar-refractivity contribution is -0.117. The van der Waals surface area contributed by atoms with Gasteiger partial charge in [-0.3, -0.25) is 19.3 Å². The molecule has 0 unspecified atom stereocenters. The zero-order chi connectivity index (χ0) is 23.9. The van der Waals surface area contributed by atoms with Gasteiger partial charge < -0.3 is 15.5 Å². The molecule has 0 aliphatic carbocycles. The SMILES string of the molecule is O=C(CN1CCN(C(=O)c2ccc(CNC(=O)c3cccs3)cc2)CC1)Nc1ccccc1Cl. The number of halogens is 1. The van der Waals surface area contributed by atoms with Crippen molar-refractivity contribution >= 4 is 46.3 Å². The van der Waals surface area contributed by atoms with Gasteiger partial charge in [-0.15, -0.1) is 11.3 Å². The summed E-state index contributed by atoms with van der Waals surface area (Å²) in [6.45, 7) is 3.00. The predicted octanol–water partition coefficient (Wildman–Crippen LogP) is 3.73. The standard InChI is InChI=1S/C25H25ClN4O3S/c26-20-4-1-2-5-21(20)28-23(31)17-29-11-13-30(14-12-29)25(33)19-9-7-18(8-10-19)16-27-24(32)22-6-3-15-34-22/h1-10,15H,11-14,16-17H2,(H,27,32)(H,28,31). The summed E-state index contributed by atoms with van der Waals surface area (Å²) >= 11 is 7.49. The average Bonchev–Trinajstić information content (AvgIpc) is 3.40. The summed E-state index contributed by atoms with van der Waals surface area (Å²) in [6.07, 6.45) is 0. The number of nitrogens with zero attached hydrogens (tertiary/aromatic N) is 2. The van der Waals surface area contributed by atoms with Crippen LogP contribution in [0.15, 0.2) is 66.0 Å². The van der Waals surface area contributed by atoms with E-state index in [1.54, 1.807) is 35.2 Å². The maximum Gasteiger partial charge on any atom is 0.261 e. The Morgan fingerprint density at radius 2 is 1.65 bits per heavy atom. The zero-order valence-corrected chi connectivity index (χ0v) is 20.1. The van der Waals surface area contributed by atoms with Crippen molar-refractivity contribution < 1.29 is 14.4 Å². The molecule has 9 heteroatoms. The van der Waals surface area contributed by atoms with Crippen LogP contribution in [-0.2, 0) is 11.3 Å². The van der Waals surface area contributed by atoms with Crippen molar-refractivity contribution in [1.29, 1.82) is 0 Å². The zero-order valence-electron chi connectivity index (χ0n) is 18.5. The molecule has 1 aromatic heterocycles. The lowest BCUT2D eigenvalue weighted by Crippen LogP contribution is -2.50. The second kappa shape index (κ2) is 11.3. The Kier molecular flexibility index (Phi) is 7.95. The van der Waals surface area contributed by atoms with E-state index >= 15 is 0 Å². The average molecular weight is 497 g/mol. The van der Waals surface area contributed by atoms with Crippen molar-refractivity contribution in [3.8, 4) is 0 Å². The number of hydrogen-bond donors (Lipinski definition) is 2. The minimum atomic E-state index is -0.130. The van der Waals surface area contributed by atoms with E-state index in [0.717, 1.165) is 5.56 Å². The van der Waals surface area contributed by atoms with Gasteiger partial charge in [0.05, 0.1) is 22.1 Å². The van der Waals surface area contributed by atoms with Gasteiger partial charge in [0, 0.05) is 38.3 Å². The molecule has 1 saturated heterocycles. The molecule has 2 N–H and O–H groups in total. The number of rotatable bonds is 7. The van der Waals surface area contributed by atoms with Crippen LogP contribution < -0.4 is 10.6 Å². The first-order valence-corrected chi connectivity index (χ1v) is 12.2. The van der Waals surface area contributed by atoms with Crippen LogP contribution in [0, 0.1) is 0 Å². The van der Waals surface area contributed by atoms with Crippen LogP contribution >= 0.6 is 22.9 Å². The number of thiophene rings is 1. The fraction of sp³-hybridized carbons (Fsp3) is 0.240. The molecule has 0 bridgehead atoms. The number of hydrogen-bond acceptors (Lipinski definition) is 5. The van der Waals surface area contributed by atoms with Gasteiger partial charge >= 0.3 is 0 Å². The molecule has 176 valence electrons. The molecule has 1 aliphatic heterocycles. The fourth-order valence-electron chi connectivity index (χ4n) is 3.69. The molecular formula is C25H25ClN4O3S. The smallest absolute Gasteiger partial charge is 0.261 e. The molecule has 0 radical (unpaired) electrons. The fourth-order valence-corrected chi connectivity index (χ4v) is 4.51. The number of benzene rings is 2. The van der Waals surface area contributed by atoms with Crippen LogP contribution in [0.3, 0.4) is 0 Å². The minimum absolute atomic E-state index is 0.0330. The van der Waals surface area contributed by atoms with Gasteiger partial charge in [0.25, 0.3) is 11.8 Å². The third-order valence-electron chi connectivity index (χ3n) is 5.57. The molecule has 0 spiro atoms. The third kappa shape index (κ3) is 6.22. The Morgan fingerprint density at radius 1 is 0.912 bits per heavy atom. The topological polar surface area (TPSA) is 81.8 Å². The number of amides is 3. The van der Waals surface area contributed by atoms with E-state index in [2.05, 4.69) is 10.6 Å². The number of carbonyl (C=O) groups excluding carboxylic acids is 3. The maximum atomic E-state index is 12.9. The monoisotopic (exact) mass is 496 g/mol. The van der Waals surface area contributed by atoms with E-state index in [0.29, 0.717) is 53.9 Å². The summed E-state index contributed by atoms with van der Waals surface area (Å²) in [6, 6.07) is 18.0. The minimum Gasteiger partial charge on any atom is -0.347 e. The first kappa shape index (κ1) is 23.9. The van der Waals surface area contributed by atoms with E-state index in [9.17, 15) is 14.4 Å². The van der Waals surface area contributed by atoms with E-state index < -0.39 is 0 Å². The van der Waals surface area contributed by atoms with Crippen molar-refractivity contribution in [2.75, 3.05) is 38.0 Å². The van der Waals surface area contributed by atoms with Gasteiger partial charge in [0.2, 0.25) is 5.91 Å². The van der Waals surface area contributed by atoms with E-state index in [1.165, 1.54) is 11.3 Å². The Balaban J connectivity index is 1.22. The summed E-state index contributed by atoms with van der Waals surface area (Å²) in [5.74, 6) is -0.266. The highest BCUT2D eigenvalue weighted by Crippen LogP contribution is 2.20. The summed E-state index contributed by atoms with van der Waals surface area (Å²) in [7, 11) is 0. The molecule has 2 heterocycles. The maximum absolute atomic E-state index is 12.9. The van der Waals surface area contributed by atoms with E-state index in [4.69, 9.17) is 11.6 Å². The van der Waals surface area contributed by atoms with Crippen molar-refractivity contribution in [3.05, 3.63) is 87.1 Å². The lowest BCUT2D eigenvalue weighted by Gasteiger charge is -2.34. The second-order valence-electron chi connectivity index (χ2n) is 7.95. The Bertz CT molecular complexity index is 1140. The summed E-state index contributed by atoms with van der Waals surface area (Å²) in [4.78, 5) is 41.8. The Morgan fingerprint density at radius 3 is 2.32 bits per heavy atom. The molecule has 0 saturated carbocycles. The number of carbonyl (C=O) groups is 3. The first-order chi connectivity index (χ1) is 16.5. The van der Waals surface area contributed by atoms with E-state index in [1.807, 2.05) is 40.6 Å². The second-order valence-corrected chi connectivity index (χ2v) is 9.31. The molecule has 4 rings (SSSR count). The van der Waals surface area contributed by atoms with Crippen molar-refractivity contribution in [2.45, 2.75) is 6.54 Å². The van der Waals surface area contributed by atoms with Crippen LogP contribution in [0.25, 0.3) is 0 Å². The van der Waals surface area contributed by atoms with Crippen molar-refractivity contribution in [3.63, 3.8) is 0 Å². The van der Waals surface area contributed by atoms with Crippen molar-refractivity contribution in [1.82, 2.24) is 15.1 Å². The molecule has 1 fully saturated rings. The quantitative estimate of drug-likeness (QED) is 0.522. The molecule has 7 nitrogen and oxygen atoms in total. The summed E-state index contributed by atoms with van der Waals surface area (Å²) in [5.41, 5.74) is 2.13. The lowest BCUT2D eigenvalue weighted by atomic mass is 10.1. The third-order valence-corrected chi connectivity index (χ3v) is 6.77. The number of para-hydroxylation sites is 1. The van der Waals surface area contributed by atoms with Crippen LogP contribution in [0.4, 0.5) is 5.69 Å². The molecule has 2 aromatic carbocycles. The Labute approximate surface area is 207 Å². The number of anilines is 1. The van der Waals surface area contributed by atoms with Crippen LogP contribution in [0.2, 0.25) is 5.02 Å². The molecule has 34 heavy (non-hydrogen) atoms.